The Morgan fingerprint density at radius 2 is 2.11 bits per heavy atom. The number of aromatic nitrogens is 1. The van der Waals surface area contributed by atoms with E-state index in [1.807, 2.05) is 19.9 Å². The van der Waals surface area contributed by atoms with E-state index in [0.29, 0.717) is 23.3 Å². The van der Waals surface area contributed by atoms with E-state index in [2.05, 4.69) is 4.98 Å². The summed E-state index contributed by atoms with van der Waals surface area (Å²) < 4.78 is 5.25. The summed E-state index contributed by atoms with van der Waals surface area (Å²) in [6.07, 6.45) is 0.467. The summed E-state index contributed by atoms with van der Waals surface area (Å²) >= 11 is 0. The van der Waals surface area contributed by atoms with Crippen LogP contribution < -0.4 is 10.3 Å². The number of nitrogens with one attached hydrogen (secondary N) is 1. The lowest BCUT2D eigenvalue weighted by Gasteiger charge is -2.12. The highest BCUT2D eigenvalue weighted by molar-refractivity contribution is 5.97. The van der Waals surface area contributed by atoms with Crippen LogP contribution in [-0.2, 0) is 6.42 Å². The number of carbonyl (C=O) groups is 1. The molecule has 5 nitrogen and oxygen atoms in total. The Hall–Kier alpha value is -2.30. The molecule has 2 N–H and O–H groups in total. The van der Waals surface area contributed by atoms with E-state index >= 15 is 0 Å². The minimum atomic E-state index is -1.21. The van der Waals surface area contributed by atoms with Crippen LogP contribution in [0.5, 0.6) is 5.75 Å². The normalized spacial score (nSPS) is 10.7. The van der Waals surface area contributed by atoms with Gasteiger partial charge in [-0.05, 0) is 36.6 Å². The molecule has 0 amide bonds. The SMILES string of the molecule is CCc1c(C(=O)O)c(=O)[nH]c2c(OC)cc(C)cc12. The van der Waals surface area contributed by atoms with Gasteiger partial charge in [-0.1, -0.05) is 6.92 Å². The lowest BCUT2D eigenvalue weighted by molar-refractivity contribution is 0.0694. The fourth-order valence-electron chi connectivity index (χ4n) is 2.32. The van der Waals surface area contributed by atoms with Gasteiger partial charge < -0.3 is 14.8 Å². The molecule has 19 heavy (non-hydrogen) atoms. The Labute approximate surface area is 109 Å². The van der Waals surface area contributed by atoms with Crippen LogP contribution in [0.4, 0.5) is 0 Å². The number of rotatable bonds is 3. The molecule has 0 fully saturated rings. The number of aromatic carboxylic acids is 1. The number of hydrogen-bond donors (Lipinski definition) is 2. The number of methoxy groups -OCH3 is 1. The molecule has 0 unspecified atom stereocenters. The minimum Gasteiger partial charge on any atom is -0.495 e. The predicted molar refractivity (Wildman–Crippen MR) is 72.2 cm³/mol. The lowest BCUT2D eigenvalue weighted by atomic mass is 9.99. The zero-order valence-electron chi connectivity index (χ0n) is 11.0. The van der Waals surface area contributed by atoms with E-state index in [-0.39, 0.29) is 5.56 Å². The molecule has 0 spiro atoms. The molecule has 0 saturated heterocycles. The van der Waals surface area contributed by atoms with Crippen molar-refractivity contribution in [3.05, 3.63) is 39.2 Å². The van der Waals surface area contributed by atoms with Gasteiger partial charge in [-0.2, -0.15) is 0 Å². The Morgan fingerprint density at radius 3 is 2.63 bits per heavy atom. The first-order valence-corrected chi connectivity index (χ1v) is 5.96. The van der Waals surface area contributed by atoms with Crippen LogP contribution in [0.1, 0.15) is 28.4 Å². The van der Waals surface area contributed by atoms with Gasteiger partial charge in [0.15, 0.2) is 0 Å². The van der Waals surface area contributed by atoms with Crippen molar-refractivity contribution in [1.82, 2.24) is 4.98 Å². The number of aromatic amines is 1. The van der Waals surface area contributed by atoms with Crippen LogP contribution in [-0.4, -0.2) is 23.2 Å². The van der Waals surface area contributed by atoms with Crippen LogP contribution in [0.15, 0.2) is 16.9 Å². The first kappa shape index (κ1) is 13.1. The van der Waals surface area contributed by atoms with E-state index in [0.717, 1.165) is 10.9 Å². The number of hydrogen-bond acceptors (Lipinski definition) is 3. The molecule has 0 bridgehead atoms. The molecule has 5 heteroatoms. The first-order valence-electron chi connectivity index (χ1n) is 5.96. The van der Waals surface area contributed by atoms with Crippen molar-refractivity contribution in [3.8, 4) is 5.75 Å². The number of pyridine rings is 1. The predicted octanol–water partition coefficient (Wildman–Crippen LogP) is 2.11. The van der Waals surface area contributed by atoms with Gasteiger partial charge in [0, 0.05) is 5.39 Å². The Bertz CT molecular complexity index is 715. The maximum absolute atomic E-state index is 11.9. The largest absolute Gasteiger partial charge is 0.495 e. The monoisotopic (exact) mass is 261 g/mol. The third-order valence-electron chi connectivity index (χ3n) is 3.13. The van der Waals surface area contributed by atoms with Crippen LogP contribution in [0.3, 0.4) is 0 Å². The standard InChI is InChI=1S/C14H15NO4/c1-4-8-9-5-7(2)6-10(19-3)12(9)15-13(16)11(8)14(17)18/h5-6H,4H2,1-3H3,(H,15,16)(H,17,18). The summed E-state index contributed by atoms with van der Waals surface area (Å²) in [5.74, 6) is -0.667. The average Bonchev–Trinajstić information content (AvgIpc) is 2.36. The molecule has 0 aliphatic rings. The molecule has 2 rings (SSSR count). The molecule has 0 atom stereocenters. The van der Waals surface area contributed by atoms with Crippen LogP contribution in [0, 0.1) is 6.92 Å². The van der Waals surface area contributed by atoms with Gasteiger partial charge in [0.05, 0.1) is 12.6 Å². The highest BCUT2D eigenvalue weighted by Gasteiger charge is 2.19. The zero-order valence-corrected chi connectivity index (χ0v) is 11.0. The molecule has 0 aliphatic carbocycles. The minimum absolute atomic E-state index is 0.192. The highest BCUT2D eigenvalue weighted by atomic mass is 16.5. The van der Waals surface area contributed by atoms with Crippen molar-refractivity contribution in [3.63, 3.8) is 0 Å². The smallest absolute Gasteiger partial charge is 0.341 e. The van der Waals surface area contributed by atoms with Crippen molar-refractivity contribution in [2.75, 3.05) is 7.11 Å². The van der Waals surface area contributed by atoms with Gasteiger partial charge in [-0.25, -0.2) is 4.79 Å². The number of carboxylic acid groups (broad SMARTS) is 1. The third-order valence-corrected chi connectivity index (χ3v) is 3.13. The van der Waals surface area contributed by atoms with Gasteiger partial charge >= 0.3 is 5.97 Å². The van der Waals surface area contributed by atoms with E-state index in [1.54, 1.807) is 6.07 Å². The van der Waals surface area contributed by atoms with Crippen molar-refractivity contribution in [2.24, 2.45) is 0 Å². The molecule has 1 aromatic heterocycles. The van der Waals surface area contributed by atoms with Gasteiger partial charge in [0.2, 0.25) is 0 Å². The number of aryl methyl sites for hydroxylation is 2. The molecule has 100 valence electrons. The molecule has 1 aromatic carbocycles. The average molecular weight is 261 g/mol. The zero-order chi connectivity index (χ0) is 14.2. The topological polar surface area (TPSA) is 79.4 Å². The fourth-order valence-corrected chi connectivity index (χ4v) is 2.32. The van der Waals surface area contributed by atoms with E-state index in [1.165, 1.54) is 7.11 Å². The van der Waals surface area contributed by atoms with Crippen LogP contribution >= 0.6 is 0 Å². The second kappa shape index (κ2) is 4.76. The lowest BCUT2D eigenvalue weighted by Crippen LogP contribution is -2.21. The van der Waals surface area contributed by atoms with Gasteiger partial charge in [0.1, 0.15) is 11.3 Å². The molecular weight excluding hydrogens is 246 g/mol. The van der Waals surface area contributed by atoms with Gasteiger partial charge in [-0.15, -0.1) is 0 Å². The maximum atomic E-state index is 11.9. The fraction of sp³-hybridized carbons (Fsp3) is 0.286. The number of H-pyrrole nitrogens is 1. The van der Waals surface area contributed by atoms with E-state index < -0.39 is 11.5 Å². The molecule has 2 aromatic rings. The number of benzene rings is 1. The van der Waals surface area contributed by atoms with Crippen molar-refractivity contribution in [2.45, 2.75) is 20.3 Å². The molecule has 0 saturated carbocycles. The van der Waals surface area contributed by atoms with Crippen LogP contribution in [0.25, 0.3) is 10.9 Å². The Morgan fingerprint density at radius 1 is 1.42 bits per heavy atom. The van der Waals surface area contributed by atoms with Gasteiger partial charge in [0.25, 0.3) is 5.56 Å². The number of carboxylic acids is 1. The second-order valence-corrected chi connectivity index (χ2v) is 4.36. The summed E-state index contributed by atoms with van der Waals surface area (Å²) in [5, 5.41) is 9.90. The molecular formula is C14H15NO4. The number of ether oxygens (including phenoxy) is 1. The summed E-state index contributed by atoms with van der Waals surface area (Å²) in [6.45, 7) is 3.72. The third kappa shape index (κ3) is 2.07. The van der Waals surface area contributed by atoms with E-state index in [9.17, 15) is 14.7 Å². The Balaban J connectivity index is 3.02. The quantitative estimate of drug-likeness (QED) is 0.886. The molecule has 0 aliphatic heterocycles. The summed E-state index contributed by atoms with van der Waals surface area (Å²) in [4.78, 5) is 25.7. The molecule has 1 heterocycles. The molecule has 0 radical (unpaired) electrons. The number of fused-ring (bicyclic) bond motifs is 1. The van der Waals surface area contributed by atoms with Crippen molar-refractivity contribution < 1.29 is 14.6 Å². The van der Waals surface area contributed by atoms with Crippen molar-refractivity contribution >= 4 is 16.9 Å². The van der Waals surface area contributed by atoms with Gasteiger partial charge in [-0.3, -0.25) is 4.79 Å². The first-order chi connectivity index (χ1) is 8.99. The van der Waals surface area contributed by atoms with E-state index in [4.69, 9.17) is 4.74 Å². The van der Waals surface area contributed by atoms with Crippen LogP contribution in [0.2, 0.25) is 0 Å². The maximum Gasteiger partial charge on any atom is 0.341 e. The summed E-state index contributed by atoms with van der Waals surface area (Å²) in [5.41, 5.74) is 1.23. The summed E-state index contributed by atoms with van der Waals surface area (Å²) in [7, 11) is 1.52. The highest BCUT2D eigenvalue weighted by Crippen LogP contribution is 2.28. The Kier molecular flexibility index (Phi) is 3.29. The second-order valence-electron chi connectivity index (χ2n) is 4.36. The summed E-state index contributed by atoms with van der Waals surface area (Å²) in [6, 6.07) is 3.66. The van der Waals surface area contributed by atoms with Crippen molar-refractivity contribution in [1.29, 1.82) is 0 Å².